The van der Waals surface area contributed by atoms with Gasteiger partial charge >= 0.3 is 0 Å². The van der Waals surface area contributed by atoms with Gasteiger partial charge in [-0.05, 0) is 11.5 Å². The normalized spacial score (nSPS) is 12.7. The lowest BCUT2D eigenvalue weighted by Gasteiger charge is -1.99. The SMILES string of the molecule is Cn1c(=NN)sc2c3ccccc3ccc21. The molecule has 0 bridgehead atoms. The van der Waals surface area contributed by atoms with Gasteiger partial charge in [0.2, 0.25) is 4.80 Å². The van der Waals surface area contributed by atoms with Crippen LogP contribution in [0.2, 0.25) is 0 Å². The summed E-state index contributed by atoms with van der Waals surface area (Å²) in [7, 11) is 1.99. The Balaban J connectivity index is 2.62. The van der Waals surface area contributed by atoms with Gasteiger partial charge in [0.15, 0.2) is 0 Å². The van der Waals surface area contributed by atoms with Crippen molar-refractivity contribution in [2.75, 3.05) is 0 Å². The molecule has 0 spiro atoms. The van der Waals surface area contributed by atoms with Crippen LogP contribution in [0, 0.1) is 0 Å². The van der Waals surface area contributed by atoms with Crippen molar-refractivity contribution >= 4 is 32.3 Å². The molecule has 0 unspecified atom stereocenters. The molecule has 1 aromatic heterocycles. The van der Waals surface area contributed by atoms with E-state index in [0.717, 1.165) is 4.80 Å². The molecule has 0 aliphatic heterocycles. The van der Waals surface area contributed by atoms with Crippen LogP contribution in [0.3, 0.4) is 0 Å². The van der Waals surface area contributed by atoms with Gasteiger partial charge in [0, 0.05) is 12.4 Å². The standard InChI is InChI=1S/C12H11N3S/c1-15-10-7-6-8-4-2-3-5-9(8)11(10)16-12(15)14-13/h2-7H,13H2,1H3. The molecule has 0 amide bonds. The first-order valence-corrected chi connectivity index (χ1v) is 5.84. The molecule has 3 aromatic rings. The maximum absolute atomic E-state index is 5.37. The van der Waals surface area contributed by atoms with Crippen LogP contribution in [0.1, 0.15) is 0 Å². The zero-order valence-electron chi connectivity index (χ0n) is 8.84. The van der Waals surface area contributed by atoms with Gasteiger partial charge in [-0.2, -0.15) is 5.10 Å². The fraction of sp³-hybridized carbons (Fsp3) is 0.0833. The topological polar surface area (TPSA) is 43.3 Å². The van der Waals surface area contributed by atoms with Gasteiger partial charge in [-0.3, -0.25) is 0 Å². The van der Waals surface area contributed by atoms with E-state index in [2.05, 4.69) is 41.5 Å². The van der Waals surface area contributed by atoms with Crippen LogP contribution in [0.25, 0.3) is 21.0 Å². The minimum absolute atomic E-state index is 0.839. The number of aromatic nitrogens is 1. The molecule has 0 radical (unpaired) electrons. The summed E-state index contributed by atoms with van der Waals surface area (Å²) in [5, 5.41) is 6.31. The maximum Gasteiger partial charge on any atom is 0.208 e. The smallest absolute Gasteiger partial charge is 0.208 e. The molecule has 0 aliphatic carbocycles. The Morgan fingerprint density at radius 3 is 2.81 bits per heavy atom. The number of aryl methyl sites for hydroxylation is 1. The maximum atomic E-state index is 5.37. The van der Waals surface area contributed by atoms with Gasteiger partial charge in [-0.25, -0.2) is 0 Å². The summed E-state index contributed by atoms with van der Waals surface area (Å²) in [5.41, 5.74) is 1.17. The van der Waals surface area contributed by atoms with Crippen molar-refractivity contribution in [3.63, 3.8) is 0 Å². The minimum atomic E-state index is 0.839. The molecule has 16 heavy (non-hydrogen) atoms. The van der Waals surface area contributed by atoms with Crippen molar-refractivity contribution in [3.8, 4) is 0 Å². The van der Waals surface area contributed by atoms with Gasteiger partial charge in [0.25, 0.3) is 0 Å². The summed E-state index contributed by atoms with van der Waals surface area (Å²) in [6.07, 6.45) is 0. The molecule has 0 atom stereocenters. The van der Waals surface area contributed by atoms with Crippen molar-refractivity contribution in [2.24, 2.45) is 18.0 Å². The molecule has 0 aliphatic rings. The third kappa shape index (κ3) is 1.17. The zero-order chi connectivity index (χ0) is 11.1. The second kappa shape index (κ2) is 3.35. The number of rotatable bonds is 0. The summed E-state index contributed by atoms with van der Waals surface area (Å²) in [5.74, 6) is 5.37. The number of hydrogen-bond donors (Lipinski definition) is 1. The summed E-state index contributed by atoms with van der Waals surface area (Å²) in [6.45, 7) is 0. The van der Waals surface area contributed by atoms with E-state index >= 15 is 0 Å². The van der Waals surface area contributed by atoms with Crippen molar-refractivity contribution in [1.29, 1.82) is 0 Å². The highest BCUT2D eigenvalue weighted by Gasteiger charge is 2.05. The molecule has 3 nitrogen and oxygen atoms in total. The molecule has 4 heteroatoms. The van der Waals surface area contributed by atoms with E-state index in [1.807, 2.05) is 11.6 Å². The van der Waals surface area contributed by atoms with Gasteiger partial charge in [0.05, 0.1) is 10.2 Å². The van der Waals surface area contributed by atoms with Crippen LogP contribution < -0.4 is 10.6 Å². The van der Waals surface area contributed by atoms with E-state index in [1.54, 1.807) is 11.3 Å². The zero-order valence-corrected chi connectivity index (χ0v) is 9.66. The first-order valence-electron chi connectivity index (χ1n) is 5.02. The molecule has 0 saturated carbocycles. The lowest BCUT2D eigenvalue weighted by Crippen LogP contribution is -2.12. The fourth-order valence-electron chi connectivity index (χ4n) is 1.98. The highest BCUT2D eigenvalue weighted by Crippen LogP contribution is 2.26. The molecule has 0 fully saturated rings. The van der Waals surface area contributed by atoms with Crippen LogP contribution in [0.5, 0.6) is 0 Å². The second-order valence-corrected chi connectivity index (χ2v) is 4.69. The summed E-state index contributed by atoms with van der Waals surface area (Å²) >= 11 is 1.62. The van der Waals surface area contributed by atoms with Gasteiger partial charge < -0.3 is 10.4 Å². The van der Waals surface area contributed by atoms with E-state index in [-0.39, 0.29) is 0 Å². The summed E-state index contributed by atoms with van der Waals surface area (Å²) < 4.78 is 3.26. The highest BCUT2D eigenvalue weighted by molar-refractivity contribution is 7.17. The largest absolute Gasteiger partial charge is 0.320 e. The number of fused-ring (bicyclic) bond motifs is 3. The second-order valence-electron chi connectivity index (χ2n) is 3.71. The molecule has 3 rings (SSSR count). The molecule has 80 valence electrons. The minimum Gasteiger partial charge on any atom is -0.320 e. The number of nitrogens with zero attached hydrogens (tertiary/aromatic N) is 2. The van der Waals surface area contributed by atoms with Crippen LogP contribution in [0.4, 0.5) is 0 Å². The monoisotopic (exact) mass is 229 g/mol. The molecular formula is C12H11N3S. The first-order chi connectivity index (χ1) is 7.81. The number of benzene rings is 2. The Morgan fingerprint density at radius 2 is 2.00 bits per heavy atom. The van der Waals surface area contributed by atoms with Crippen molar-refractivity contribution in [1.82, 2.24) is 4.57 Å². The molecule has 0 saturated heterocycles. The summed E-state index contributed by atoms with van der Waals surface area (Å²) in [4.78, 5) is 0.839. The molecule has 1 heterocycles. The number of thiazole rings is 1. The number of nitrogens with two attached hydrogens (primary N) is 1. The molecule has 2 N–H and O–H groups in total. The van der Waals surface area contributed by atoms with Gasteiger partial charge in [-0.15, -0.1) is 0 Å². The van der Waals surface area contributed by atoms with E-state index in [9.17, 15) is 0 Å². The Labute approximate surface area is 96.4 Å². The van der Waals surface area contributed by atoms with Crippen molar-refractivity contribution in [3.05, 3.63) is 41.2 Å². The third-order valence-electron chi connectivity index (χ3n) is 2.81. The number of hydrogen-bond acceptors (Lipinski definition) is 3. The van der Waals surface area contributed by atoms with E-state index in [4.69, 9.17) is 5.84 Å². The lowest BCUT2D eigenvalue weighted by molar-refractivity contribution is 0.888. The predicted octanol–water partition coefficient (Wildman–Crippen LogP) is 2.17. The van der Waals surface area contributed by atoms with E-state index in [1.165, 1.54) is 21.0 Å². The third-order valence-corrected chi connectivity index (χ3v) is 4.01. The highest BCUT2D eigenvalue weighted by atomic mass is 32.1. The fourth-order valence-corrected chi connectivity index (χ4v) is 3.05. The van der Waals surface area contributed by atoms with E-state index < -0.39 is 0 Å². The summed E-state index contributed by atoms with van der Waals surface area (Å²) in [6, 6.07) is 12.6. The quantitative estimate of drug-likeness (QED) is 0.466. The average molecular weight is 229 g/mol. The van der Waals surface area contributed by atoms with Crippen LogP contribution in [-0.2, 0) is 7.05 Å². The Hall–Kier alpha value is -1.81. The molecular weight excluding hydrogens is 218 g/mol. The van der Waals surface area contributed by atoms with E-state index in [0.29, 0.717) is 0 Å². The van der Waals surface area contributed by atoms with Gasteiger partial charge in [0.1, 0.15) is 0 Å². The first kappa shape index (κ1) is 9.42. The lowest BCUT2D eigenvalue weighted by atomic mass is 10.1. The Kier molecular flexibility index (Phi) is 1.97. The van der Waals surface area contributed by atoms with Crippen LogP contribution in [0.15, 0.2) is 41.5 Å². The Bertz CT molecular complexity index is 737. The molecule has 2 aromatic carbocycles. The van der Waals surface area contributed by atoms with Gasteiger partial charge in [-0.1, -0.05) is 41.7 Å². The van der Waals surface area contributed by atoms with Crippen LogP contribution >= 0.6 is 11.3 Å². The van der Waals surface area contributed by atoms with Crippen molar-refractivity contribution in [2.45, 2.75) is 0 Å². The predicted molar refractivity (Wildman–Crippen MR) is 68.1 cm³/mol. The van der Waals surface area contributed by atoms with Crippen molar-refractivity contribution < 1.29 is 0 Å². The average Bonchev–Trinajstić information content (AvgIpc) is 2.67. The van der Waals surface area contributed by atoms with Crippen LogP contribution in [-0.4, -0.2) is 4.57 Å². The Morgan fingerprint density at radius 1 is 1.19 bits per heavy atom.